The van der Waals surface area contributed by atoms with Crippen LogP contribution in [0.25, 0.3) is 0 Å². The first-order valence-corrected chi connectivity index (χ1v) is 4.75. The minimum absolute atomic E-state index is 1.08. The van der Waals surface area contributed by atoms with Crippen LogP contribution in [0.4, 0.5) is 0 Å². The van der Waals surface area contributed by atoms with Gasteiger partial charge in [0.25, 0.3) is 0 Å². The maximum atomic E-state index is 4.32. The normalized spacial score (nSPS) is 10.8. The second kappa shape index (κ2) is 4.97. The lowest BCUT2D eigenvalue weighted by Crippen LogP contribution is -2.13. The van der Waals surface area contributed by atoms with E-state index in [1.807, 2.05) is 12.3 Å². The van der Waals surface area contributed by atoms with Crippen molar-refractivity contribution in [3.05, 3.63) is 29.6 Å². The zero-order valence-corrected chi connectivity index (χ0v) is 8.75. The SMILES string of the molecule is Cc1ccnc(CCCN(C)C)c1. The highest BCUT2D eigenvalue weighted by atomic mass is 15.0. The standard InChI is InChI=1S/C11H18N2/c1-10-6-7-12-11(9-10)5-4-8-13(2)3/h6-7,9H,4-5,8H2,1-3H3. The molecule has 0 spiro atoms. The fraction of sp³-hybridized carbons (Fsp3) is 0.545. The van der Waals surface area contributed by atoms with Crippen molar-refractivity contribution in [1.82, 2.24) is 9.88 Å². The summed E-state index contributed by atoms with van der Waals surface area (Å²) in [5.41, 5.74) is 2.51. The molecule has 2 nitrogen and oxygen atoms in total. The lowest BCUT2D eigenvalue weighted by molar-refractivity contribution is 0.399. The van der Waals surface area contributed by atoms with E-state index in [0.717, 1.165) is 13.0 Å². The highest BCUT2D eigenvalue weighted by Crippen LogP contribution is 2.02. The van der Waals surface area contributed by atoms with Crippen LogP contribution in [0.2, 0.25) is 0 Å². The third-order valence-corrected chi connectivity index (χ3v) is 2.01. The van der Waals surface area contributed by atoms with Gasteiger partial charge < -0.3 is 4.90 Å². The molecule has 2 heteroatoms. The van der Waals surface area contributed by atoms with Gasteiger partial charge in [0.15, 0.2) is 0 Å². The molecule has 1 aromatic heterocycles. The van der Waals surface area contributed by atoms with Crippen LogP contribution in [-0.4, -0.2) is 30.5 Å². The summed E-state index contributed by atoms with van der Waals surface area (Å²) in [5, 5.41) is 0. The van der Waals surface area contributed by atoms with E-state index in [1.165, 1.54) is 17.7 Å². The number of aryl methyl sites for hydroxylation is 2. The van der Waals surface area contributed by atoms with Crippen molar-refractivity contribution in [1.29, 1.82) is 0 Å². The molecule has 1 heterocycles. The molecular weight excluding hydrogens is 160 g/mol. The van der Waals surface area contributed by atoms with E-state index in [1.54, 1.807) is 0 Å². The van der Waals surface area contributed by atoms with Crippen molar-refractivity contribution in [2.24, 2.45) is 0 Å². The molecule has 0 saturated carbocycles. The molecule has 0 aliphatic rings. The van der Waals surface area contributed by atoms with Gasteiger partial charge in [-0.1, -0.05) is 0 Å². The van der Waals surface area contributed by atoms with E-state index in [4.69, 9.17) is 0 Å². The average Bonchev–Trinajstić information content (AvgIpc) is 2.03. The average molecular weight is 178 g/mol. The van der Waals surface area contributed by atoms with Crippen LogP contribution in [-0.2, 0) is 6.42 Å². The van der Waals surface area contributed by atoms with E-state index in [2.05, 4.69) is 37.0 Å². The first-order chi connectivity index (χ1) is 6.18. The largest absolute Gasteiger partial charge is 0.309 e. The van der Waals surface area contributed by atoms with Gasteiger partial charge in [0.1, 0.15) is 0 Å². The maximum Gasteiger partial charge on any atom is 0.0406 e. The van der Waals surface area contributed by atoms with Gasteiger partial charge in [-0.25, -0.2) is 0 Å². The molecule has 0 unspecified atom stereocenters. The second-order valence-electron chi connectivity index (χ2n) is 3.73. The van der Waals surface area contributed by atoms with Gasteiger partial charge in [0.2, 0.25) is 0 Å². The van der Waals surface area contributed by atoms with Crippen molar-refractivity contribution >= 4 is 0 Å². The molecule has 0 radical (unpaired) electrons. The summed E-state index contributed by atoms with van der Waals surface area (Å²) in [6.45, 7) is 3.24. The highest BCUT2D eigenvalue weighted by molar-refractivity contribution is 5.14. The molecule has 1 aromatic rings. The molecule has 0 atom stereocenters. The number of aromatic nitrogens is 1. The van der Waals surface area contributed by atoms with E-state index in [9.17, 15) is 0 Å². The van der Waals surface area contributed by atoms with Gasteiger partial charge >= 0.3 is 0 Å². The van der Waals surface area contributed by atoms with Crippen molar-refractivity contribution in [3.63, 3.8) is 0 Å². The Balaban J connectivity index is 2.37. The zero-order chi connectivity index (χ0) is 9.68. The van der Waals surface area contributed by atoms with E-state index in [0.29, 0.717) is 0 Å². The first kappa shape index (κ1) is 10.2. The molecule has 13 heavy (non-hydrogen) atoms. The highest BCUT2D eigenvalue weighted by Gasteiger charge is 1.95. The molecule has 0 aliphatic carbocycles. The van der Waals surface area contributed by atoms with Gasteiger partial charge in [-0.3, -0.25) is 4.98 Å². The fourth-order valence-electron chi connectivity index (χ4n) is 1.31. The van der Waals surface area contributed by atoms with Crippen LogP contribution in [0.1, 0.15) is 17.7 Å². The summed E-state index contributed by atoms with van der Waals surface area (Å²) in [4.78, 5) is 6.52. The summed E-state index contributed by atoms with van der Waals surface area (Å²) >= 11 is 0. The molecule has 0 amide bonds. The minimum atomic E-state index is 1.08. The predicted molar refractivity (Wildman–Crippen MR) is 55.8 cm³/mol. The molecule has 0 bridgehead atoms. The monoisotopic (exact) mass is 178 g/mol. The zero-order valence-electron chi connectivity index (χ0n) is 8.75. The van der Waals surface area contributed by atoms with E-state index >= 15 is 0 Å². The Morgan fingerprint density at radius 1 is 1.38 bits per heavy atom. The minimum Gasteiger partial charge on any atom is -0.309 e. The molecule has 0 saturated heterocycles. The Morgan fingerprint density at radius 3 is 2.77 bits per heavy atom. The van der Waals surface area contributed by atoms with Crippen LogP contribution >= 0.6 is 0 Å². The van der Waals surface area contributed by atoms with E-state index < -0.39 is 0 Å². The number of hydrogen-bond donors (Lipinski definition) is 0. The Kier molecular flexibility index (Phi) is 3.90. The summed E-state index contributed by atoms with van der Waals surface area (Å²) in [5.74, 6) is 0. The maximum absolute atomic E-state index is 4.32. The number of hydrogen-bond acceptors (Lipinski definition) is 2. The summed E-state index contributed by atoms with van der Waals surface area (Å²) in [6.07, 6.45) is 4.16. The Morgan fingerprint density at radius 2 is 2.15 bits per heavy atom. The Labute approximate surface area is 80.6 Å². The molecule has 0 aromatic carbocycles. The third kappa shape index (κ3) is 4.04. The van der Waals surface area contributed by atoms with Gasteiger partial charge in [0, 0.05) is 11.9 Å². The summed E-state index contributed by atoms with van der Waals surface area (Å²) < 4.78 is 0. The van der Waals surface area contributed by atoms with Crippen molar-refractivity contribution in [3.8, 4) is 0 Å². The van der Waals surface area contributed by atoms with Crippen LogP contribution < -0.4 is 0 Å². The number of rotatable bonds is 4. The first-order valence-electron chi connectivity index (χ1n) is 4.75. The number of pyridine rings is 1. The molecule has 0 aliphatic heterocycles. The van der Waals surface area contributed by atoms with Crippen LogP contribution in [0.3, 0.4) is 0 Å². The van der Waals surface area contributed by atoms with Gasteiger partial charge in [-0.05, 0) is 58.1 Å². The van der Waals surface area contributed by atoms with Crippen LogP contribution in [0.5, 0.6) is 0 Å². The topological polar surface area (TPSA) is 16.1 Å². The van der Waals surface area contributed by atoms with Crippen molar-refractivity contribution in [2.75, 3.05) is 20.6 Å². The van der Waals surface area contributed by atoms with E-state index in [-0.39, 0.29) is 0 Å². The Hall–Kier alpha value is -0.890. The molecule has 72 valence electrons. The molecule has 0 fully saturated rings. The van der Waals surface area contributed by atoms with Crippen LogP contribution in [0, 0.1) is 6.92 Å². The fourth-order valence-corrected chi connectivity index (χ4v) is 1.31. The quantitative estimate of drug-likeness (QED) is 0.700. The van der Waals surface area contributed by atoms with Crippen LogP contribution in [0.15, 0.2) is 18.3 Å². The summed E-state index contributed by atoms with van der Waals surface area (Å²) in [6, 6.07) is 4.20. The van der Waals surface area contributed by atoms with Gasteiger partial charge in [0.05, 0.1) is 0 Å². The lowest BCUT2D eigenvalue weighted by atomic mass is 10.2. The number of nitrogens with zero attached hydrogens (tertiary/aromatic N) is 2. The Bertz CT molecular complexity index is 256. The van der Waals surface area contributed by atoms with Gasteiger partial charge in [-0.15, -0.1) is 0 Å². The van der Waals surface area contributed by atoms with Crippen molar-refractivity contribution < 1.29 is 0 Å². The summed E-state index contributed by atoms with van der Waals surface area (Å²) in [7, 11) is 4.20. The molecular formula is C11H18N2. The smallest absolute Gasteiger partial charge is 0.0406 e. The third-order valence-electron chi connectivity index (χ3n) is 2.01. The van der Waals surface area contributed by atoms with Gasteiger partial charge in [-0.2, -0.15) is 0 Å². The second-order valence-corrected chi connectivity index (χ2v) is 3.73. The predicted octanol–water partition coefficient (Wildman–Crippen LogP) is 1.88. The lowest BCUT2D eigenvalue weighted by Gasteiger charge is -2.08. The molecule has 1 rings (SSSR count). The van der Waals surface area contributed by atoms with Crippen molar-refractivity contribution in [2.45, 2.75) is 19.8 Å². The molecule has 0 N–H and O–H groups in total.